The van der Waals surface area contributed by atoms with Gasteiger partial charge in [-0.15, -0.1) is 0 Å². The Morgan fingerprint density at radius 1 is 1.03 bits per heavy atom. The SMILES string of the molecule is C[N+](C)(CCCOc1ccc(CCO)cc1)Cc1cnc(C(O)(c2ccccc2)C2CCCCC2)o1. The van der Waals surface area contributed by atoms with E-state index in [1.807, 2.05) is 54.6 Å². The standard InChI is InChI=1S/C30H41N2O4/c1-32(2,19-9-21-35-27-16-14-24(15-17-27)18-20-33)23-28-22-31-29(36-28)30(34,25-10-5-3-6-11-25)26-12-7-4-8-13-26/h3,5-6,10-11,14-17,22,26,33-34H,4,7-9,12-13,18-21,23H2,1-2H3/q+1. The van der Waals surface area contributed by atoms with Gasteiger partial charge in [-0.05, 0) is 42.5 Å². The number of aromatic nitrogens is 1. The third-order valence-corrected chi connectivity index (χ3v) is 7.37. The van der Waals surface area contributed by atoms with Crippen molar-refractivity contribution in [2.24, 2.45) is 5.92 Å². The summed E-state index contributed by atoms with van der Waals surface area (Å²) in [6, 6.07) is 17.8. The Hall–Kier alpha value is -2.67. The molecule has 0 amide bonds. The highest BCUT2D eigenvalue weighted by Gasteiger charge is 2.44. The largest absolute Gasteiger partial charge is 0.493 e. The molecular formula is C30H41N2O4+. The Labute approximate surface area is 215 Å². The van der Waals surface area contributed by atoms with Gasteiger partial charge in [0.15, 0.2) is 11.4 Å². The number of ether oxygens (including phenoxy) is 1. The van der Waals surface area contributed by atoms with Crippen LogP contribution in [0.25, 0.3) is 0 Å². The molecule has 4 rings (SSSR count). The van der Waals surface area contributed by atoms with E-state index in [0.29, 0.717) is 25.5 Å². The minimum Gasteiger partial charge on any atom is -0.493 e. The van der Waals surface area contributed by atoms with Crippen molar-refractivity contribution in [2.45, 2.75) is 57.1 Å². The van der Waals surface area contributed by atoms with Crippen LogP contribution in [0.3, 0.4) is 0 Å². The summed E-state index contributed by atoms with van der Waals surface area (Å²) in [6.07, 6.45) is 8.81. The monoisotopic (exact) mass is 493 g/mol. The van der Waals surface area contributed by atoms with E-state index in [0.717, 1.165) is 65.8 Å². The van der Waals surface area contributed by atoms with Gasteiger partial charge in [0.05, 0.1) is 33.4 Å². The summed E-state index contributed by atoms with van der Waals surface area (Å²) in [4.78, 5) is 4.61. The lowest BCUT2D eigenvalue weighted by molar-refractivity contribution is -0.904. The minimum absolute atomic E-state index is 0.109. The quantitative estimate of drug-likeness (QED) is 0.272. The van der Waals surface area contributed by atoms with Gasteiger partial charge in [-0.1, -0.05) is 61.7 Å². The van der Waals surface area contributed by atoms with Crippen LogP contribution >= 0.6 is 0 Å². The maximum absolute atomic E-state index is 12.0. The van der Waals surface area contributed by atoms with Crippen molar-refractivity contribution in [1.82, 2.24) is 4.98 Å². The molecular weight excluding hydrogens is 452 g/mol. The molecule has 0 bridgehead atoms. The zero-order valence-corrected chi connectivity index (χ0v) is 21.7. The summed E-state index contributed by atoms with van der Waals surface area (Å²) in [7, 11) is 4.35. The Morgan fingerprint density at radius 3 is 2.44 bits per heavy atom. The fourth-order valence-corrected chi connectivity index (χ4v) is 5.37. The van der Waals surface area contributed by atoms with Crippen LogP contribution in [0.1, 0.15) is 61.3 Å². The van der Waals surface area contributed by atoms with Crippen molar-refractivity contribution in [1.29, 1.82) is 0 Å². The molecule has 1 aliphatic carbocycles. The van der Waals surface area contributed by atoms with Crippen molar-refractivity contribution in [2.75, 3.05) is 33.9 Å². The first-order valence-corrected chi connectivity index (χ1v) is 13.3. The zero-order valence-electron chi connectivity index (χ0n) is 21.7. The highest BCUT2D eigenvalue weighted by atomic mass is 16.5. The van der Waals surface area contributed by atoms with Crippen LogP contribution in [0.4, 0.5) is 0 Å². The summed E-state index contributed by atoms with van der Waals surface area (Å²) >= 11 is 0. The van der Waals surface area contributed by atoms with Gasteiger partial charge < -0.3 is 23.9 Å². The van der Waals surface area contributed by atoms with E-state index in [-0.39, 0.29) is 12.5 Å². The molecule has 0 aliphatic heterocycles. The second kappa shape index (κ2) is 12.0. The van der Waals surface area contributed by atoms with Crippen LogP contribution in [-0.2, 0) is 18.6 Å². The number of rotatable bonds is 12. The molecule has 1 aromatic heterocycles. The molecule has 1 aliphatic rings. The Balaban J connectivity index is 1.36. The molecule has 0 spiro atoms. The molecule has 194 valence electrons. The Morgan fingerprint density at radius 2 is 1.75 bits per heavy atom. The minimum atomic E-state index is -1.20. The van der Waals surface area contributed by atoms with Crippen LogP contribution in [0.15, 0.2) is 65.2 Å². The second-order valence-corrected chi connectivity index (χ2v) is 10.7. The molecule has 2 N–H and O–H groups in total. The summed E-state index contributed by atoms with van der Waals surface area (Å²) in [5, 5.41) is 21.1. The Bertz CT molecular complexity index is 1060. The third kappa shape index (κ3) is 6.55. The fraction of sp³-hybridized carbons (Fsp3) is 0.500. The van der Waals surface area contributed by atoms with Crippen LogP contribution in [0.2, 0.25) is 0 Å². The van der Waals surface area contributed by atoms with Crippen molar-refractivity contribution < 1.29 is 23.9 Å². The van der Waals surface area contributed by atoms with Gasteiger partial charge in [0, 0.05) is 18.9 Å². The van der Waals surface area contributed by atoms with Crippen molar-refractivity contribution >= 4 is 0 Å². The van der Waals surface area contributed by atoms with Crippen molar-refractivity contribution in [3.05, 3.63) is 83.6 Å². The van der Waals surface area contributed by atoms with E-state index in [2.05, 4.69) is 19.1 Å². The molecule has 6 heteroatoms. The predicted molar refractivity (Wildman–Crippen MR) is 141 cm³/mol. The lowest BCUT2D eigenvalue weighted by Gasteiger charge is -2.36. The van der Waals surface area contributed by atoms with Crippen molar-refractivity contribution in [3.8, 4) is 5.75 Å². The van der Waals surface area contributed by atoms with Gasteiger partial charge in [-0.3, -0.25) is 0 Å². The summed E-state index contributed by atoms with van der Waals surface area (Å²) in [5.74, 6) is 2.17. The molecule has 0 saturated heterocycles. The van der Waals surface area contributed by atoms with Crippen molar-refractivity contribution in [3.63, 3.8) is 0 Å². The van der Waals surface area contributed by atoms with E-state index in [1.165, 1.54) is 6.42 Å². The third-order valence-electron chi connectivity index (χ3n) is 7.37. The van der Waals surface area contributed by atoms with Gasteiger partial charge in [0.2, 0.25) is 5.89 Å². The zero-order chi connectivity index (χ0) is 25.4. The first-order chi connectivity index (χ1) is 17.4. The number of hydrogen-bond acceptors (Lipinski definition) is 5. The molecule has 1 saturated carbocycles. The average Bonchev–Trinajstić information content (AvgIpc) is 3.36. The molecule has 1 heterocycles. The first kappa shape index (κ1) is 26.4. The van der Waals surface area contributed by atoms with Gasteiger partial charge in [0.25, 0.3) is 0 Å². The normalized spacial score (nSPS) is 16.6. The molecule has 36 heavy (non-hydrogen) atoms. The van der Waals surface area contributed by atoms with Gasteiger partial charge >= 0.3 is 0 Å². The number of aliphatic hydroxyl groups is 2. The highest BCUT2D eigenvalue weighted by Crippen LogP contribution is 2.43. The van der Waals surface area contributed by atoms with E-state index in [1.54, 1.807) is 6.20 Å². The number of benzene rings is 2. The molecule has 2 aromatic carbocycles. The van der Waals surface area contributed by atoms with Gasteiger partial charge in [0.1, 0.15) is 12.3 Å². The fourth-order valence-electron chi connectivity index (χ4n) is 5.37. The molecule has 1 atom stereocenters. The second-order valence-electron chi connectivity index (χ2n) is 10.7. The molecule has 1 fully saturated rings. The van der Waals surface area contributed by atoms with Crippen LogP contribution in [0, 0.1) is 5.92 Å². The maximum atomic E-state index is 12.0. The number of quaternary nitrogens is 1. The van der Waals surface area contributed by atoms with Gasteiger partial charge in [-0.25, -0.2) is 4.98 Å². The molecule has 1 unspecified atom stereocenters. The van der Waals surface area contributed by atoms with E-state index in [4.69, 9.17) is 14.3 Å². The predicted octanol–water partition coefficient (Wildman–Crippen LogP) is 5.07. The maximum Gasteiger partial charge on any atom is 0.231 e. The van der Waals surface area contributed by atoms with E-state index < -0.39 is 5.60 Å². The van der Waals surface area contributed by atoms with Gasteiger partial charge in [-0.2, -0.15) is 0 Å². The average molecular weight is 494 g/mol. The first-order valence-electron chi connectivity index (χ1n) is 13.3. The summed E-state index contributed by atoms with van der Waals surface area (Å²) in [6.45, 7) is 2.41. The smallest absolute Gasteiger partial charge is 0.231 e. The highest BCUT2D eigenvalue weighted by molar-refractivity contribution is 5.30. The molecule has 6 nitrogen and oxygen atoms in total. The summed E-state index contributed by atoms with van der Waals surface area (Å²) in [5.41, 5.74) is 0.773. The van der Waals surface area contributed by atoms with E-state index >= 15 is 0 Å². The number of aliphatic hydroxyl groups excluding tert-OH is 1. The Kier molecular flexibility index (Phi) is 8.83. The topological polar surface area (TPSA) is 75.7 Å². The number of nitrogens with zero attached hydrogens (tertiary/aromatic N) is 2. The molecule has 0 radical (unpaired) electrons. The van der Waals surface area contributed by atoms with Crippen LogP contribution in [-0.4, -0.2) is 53.5 Å². The number of hydrogen-bond donors (Lipinski definition) is 2. The van der Waals surface area contributed by atoms with Crippen LogP contribution < -0.4 is 4.74 Å². The lowest BCUT2D eigenvalue weighted by Crippen LogP contribution is -2.40. The summed E-state index contributed by atoms with van der Waals surface area (Å²) < 4.78 is 12.9. The number of oxazole rings is 1. The molecule has 3 aromatic rings. The lowest BCUT2D eigenvalue weighted by atomic mass is 9.73. The van der Waals surface area contributed by atoms with E-state index in [9.17, 15) is 5.11 Å². The van der Waals surface area contributed by atoms with Crippen LogP contribution in [0.5, 0.6) is 5.75 Å².